The van der Waals surface area contributed by atoms with Gasteiger partial charge in [0.1, 0.15) is 12.5 Å². The Morgan fingerprint density at radius 2 is 1.48 bits per heavy atom. The molecule has 0 rings (SSSR count). The van der Waals surface area contributed by atoms with Crippen LogP contribution in [0, 0.1) is 0 Å². The Hall–Kier alpha value is 0.210. The minimum atomic E-state index is -2.58. The number of hydrogen-bond acceptors (Lipinski definition) is 5. The van der Waals surface area contributed by atoms with Gasteiger partial charge in [0.05, 0.1) is 11.4 Å². The maximum absolute atomic E-state index is 11.2. The van der Waals surface area contributed by atoms with Crippen molar-refractivity contribution in [3.63, 3.8) is 0 Å². The van der Waals surface area contributed by atoms with Gasteiger partial charge in [-0.2, -0.15) is 0 Å². The molecule has 0 saturated heterocycles. The third-order valence-electron chi connectivity index (χ3n) is 2.86. The molecule has 118 valence electrons. The number of nitrogens with one attached hydrogen (secondary N) is 1. The first-order valence-electron chi connectivity index (χ1n) is 7.01. The third kappa shape index (κ3) is 20.2. The van der Waals surface area contributed by atoms with Crippen LogP contribution in [0.1, 0.15) is 64.7 Å². The van der Waals surface area contributed by atoms with E-state index >= 15 is 0 Å². The molecule has 0 aliphatic heterocycles. The van der Waals surface area contributed by atoms with Gasteiger partial charge in [0.2, 0.25) is 5.91 Å². The molecule has 6 nitrogen and oxygen atoms in total. The topological polar surface area (TPSA) is 95.5 Å². The van der Waals surface area contributed by atoms with Crippen LogP contribution in [0.15, 0.2) is 0 Å². The Kier molecular flexibility index (Phi) is 18.5. The Balaban J connectivity index is 0. The van der Waals surface area contributed by atoms with Crippen LogP contribution in [-0.4, -0.2) is 27.2 Å². The van der Waals surface area contributed by atoms with Crippen molar-refractivity contribution in [3.05, 3.63) is 0 Å². The van der Waals surface area contributed by atoms with Gasteiger partial charge in [-0.05, 0) is 19.8 Å². The molecule has 21 heavy (non-hydrogen) atoms. The van der Waals surface area contributed by atoms with Gasteiger partial charge >= 0.3 is 29.6 Å². The number of unbranched alkanes of at least 4 members (excludes halogenated alkanes) is 6. The molecule has 0 radical (unpaired) electrons. The van der Waals surface area contributed by atoms with E-state index in [4.69, 9.17) is 0 Å². The van der Waals surface area contributed by atoms with Crippen molar-refractivity contribution in [3.8, 4) is 0 Å². The second kappa shape index (κ2) is 16.6. The van der Waals surface area contributed by atoms with E-state index in [9.17, 15) is 18.4 Å². The van der Waals surface area contributed by atoms with Crippen LogP contribution < -0.4 is 34.9 Å². The molecular weight excluding hydrogens is 305 g/mol. The van der Waals surface area contributed by atoms with Gasteiger partial charge in [0.25, 0.3) is 0 Å². The first kappa shape index (κ1) is 23.5. The van der Waals surface area contributed by atoms with Gasteiger partial charge < -0.3 is 14.7 Å². The fourth-order valence-corrected chi connectivity index (χ4v) is 1.94. The van der Waals surface area contributed by atoms with Gasteiger partial charge in [-0.3, -0.25) is 8.98 Å². The minimum absolute atomic E-state index is 0. The van der Waals surface area contributed by atoms with Gasteiger partial charge in [-0.25, -0.2) is 4.21 Å². The first-order chi connectivity index (χ1) is 9.52. The summed E-state index contributed by atoms with van der Waals surface area (Å²) in [5.74, 6) is 0.0534. The second-order valence-corrected chi connectivity index (χ2v) is 5.39. The van der Waals surface area contributed by atoms with E-state index in [-0.39, 0.29) is 48.0 Å². The molecule has 0 bridgehead atoms. The van der Waals surface area contributed by atoms with Crippen LogP contribution >= 0.6 is 0 Å². The average molecular weight is 329 g/mol. The Morgan fingerprint density at radius 3 is 1.95 bits per heavy atom. The van der Waals surface area contributed by atoms with Crippen LogP contribution in [0.5, 0.6) is 0 Å². The summed E-state index contributed by atoms with van der Waals surface area (Å²) in [5, 5.41) is 2.36. The number of carbonyl (C=O) groups excluding carboxylic acids is 2. The summed E-state index contributed by atoms with van der Waals surface area (Å²) in [5.41, 5.74) is 0. The first-order valence-corrected chi connectivity index (χ1v) is 8.01. The number of rotatable bonds is 13. The molecule has 1 amide bonds. The smallest absolute Gasteiger partial charge is 0.750 e. The van der Waals surface area contributed by atoms with Crippen LogP contribution in [0.25, 0.3) is 0 Å². The zero-order valence-electron chi connectivity index (χ0n) is 13.0. The Bertz CT molecular complexity index is 315. The van der Waals surface area contributed by atoms with Crippen molar-refractivity contribution in [2.24, 2.45) is 0 Å². The Labute approximate surface area is 151 Å². The average Bonchev–Trinajstić information content (AvgIpc) is 2.36. The number of ketones is 1. The molecular formula is C13H24NNaO5S. The Morgan fingerprint density at radius 1 is 1.00 bits per heavy atom. The zero-order chi connectivity index (χ0) is 15.2. The molecule has 1 N–H and O–H groups in total. The van der Waals surface area contributed by atoms with Crippen molar-refractivity contribution in [1.82, 2.24) is 5.32 Å². The fourth-order valence-electron chi connectivity index (χ4n) is 1.79. The number of carbonyl (C=O) groups is 2. The van der Waals surface area contributed by atoms with E-state index in [2.05, 4.69) is 9.50 Å². The molecule has 1 unspecified atom stereocenters. The fraction of sp³-hybridized carbons (Fsp3) is 0.846. The summed E-state index contributed by atoms with van der Waals surface area (Å²) in [7, 11) is 0. The molecule has 0 aromatic rings. The summed E-state index contributed by atoms with van der Waals surface area (Å²) in [6.45, 7) is 1.32. The summed E-state index contributed by atoms with van der Waals surface area (Å²) < 4.78 is 24.2. The largest absolute Gasteiger partial charge is 1.00 e. The van der Waals surface area contributed by atoms with E-state index in [0.29, 0.717) is 12.8 Å². The molecule has 0 spiro atoms. The number of hydrogen-bond donors (Lipinski definition) is 1. The predicted molar refractivity (Wildman–Crippen MR) is 75.2 cm³/mol. The third-order valence-corrected chi connectivity index (χ3v) is 3.17. The van der Waals surface area contributed by atoms with Crippen molar-refractivity contribution in [2.45, 2.75) is 64.7 Å². The monoisotopic (exact) mass is 329 g/mol. The standard InChI is InChI=1S/C13H25NO5S.Na/c1-12(15)9-7-5-3-2-4-6-8-10-13(16)14-11-19-20(17)18;/h2-11H2,1H3,(H,14,16)(H,17,18);/q;+1/p-1. The van der Waals surface area contributed by atoms with E-state index in [1.165, 1.54) is 0 Å². The van der Waals surface area contributed by atoms with Crippen LogP contribution in [0.4, 0.5) is 0 Å². The molecule has 0 heterocycles. The zero-order valence-corrected chi connectivity index (χ0v) is 15.8. The maximum atomic E-state index is 11.2. The molecule has 1 atom stereocenters. The maximum Gasteiger partial charge on any atom is 1.00 e. The van der Waals surface area contributed by atoms with E-state index in [1.807, 2.05) is 0 Å². The van der Waals surface area contributed by atoms with Gasteiger partial charge in [0, 0.05) is 12.8 Å². The molecule has 0 fully saturated rings. The second-order valence-electron chi connectivity index (χ2n) is 4.74. The summed E-state index contributed by atoms with van der Waals surface area (Å²) in [4.78, 5) is 22.0. The number of Topliss-reactive ketones (excluding diaryl/α,β-unsaturated/α-hetero) is 1. The van der Waals surface area contributed by atoms with Crippen molar-refractivity contribution < 1.29 is 52.1 Å². The van der Waals surface area contributed by atoms with Crippen LogP contribution in [-0.2, 0) is 25.1 Å². The molecule has 0 aliphatic rings. The molecule has 0 aromatic carbocycles. The van der Waals surface area contributed by atoms with E-state index in [0.717, 1.165) is 44.9 Å². The predicted octanol–water partition coefficient (Wildman–Crippen LogP) is -1.03. The summed E-state index contributed by atoms with van der Waals surface area (Å²) in [6, 6.07) is 0. The van der Waals surface area contributed by atoms with E-state index in [1.54, 1.807) is 6.92 Å². The molecule has 8 heteroatoms. The minimum Gasteiger partial charge on any atom is -0.750 e. The van der Waals surface area contributed by atoms with Crippen molar-refractivity contribution >= 4 is 23.1 Å². The normalized spacial score (nSPS) is 11.5. The summed E-state index contributed by atoms with van der Waals surface area (Å²) >= 11 is -2.58. The van der Waals surface area contributed by atoms with E-state index < -0.39 is 11.4 Å². The number of amides is 1. The quantitative estimate of drug-likeness (QED) is 0.202. The van der Waals surface area contributed by atoms with Crippen LogP contribution in [0.2, 0.25) is 0 Å². The molecule has 0 aliphatic carbocycles. The van der Waals surface area contributed by atoms with Crippen molar-refractivity contribution in [1.29, 1.82) is 0 Å². The molecule has 0 aromatic heterocycles. The van der Waals surface area contributed by atoms with Crippen LogP contribution in [0.3, 0.4) is 0 Å². The van der Waals surface area contributed by atoms with Crippen molar-refractivity contribution in [2.75, 3.05) is 6.73 Å². The summed E-state index contributed by atoms with van der Waals surface area (Å²) in [6.07, 6.45) is 8.22. The SMILES string of the molecule is CC(=O)CCCCCCCCCC(=O)NCOS(=O)[O-].[Na+]. The van der Waals surface area contributed by atoms with Gasteiger partial charge in [-0.15, -0.1) is 0 Å². The van der Waals surface area contributed by atoms with Gasteiger partial charge in [-0.1, -0.05) is 32.1 Å². The van der Waals surface area contributed by atoms with Gasteiger partial charge in [0.15, 0.2) is 0 Å². The molecule has 0 saturated carbocycles.